The van der Waals surface area contributed by atoms with E-state index in [1.165, 1.54) is 6.92 Å². The molecular formula is C15H22N2O4. The molecule has 1 unspecified atom stereocenters. The van der Waals surface area contributed by atoms with Crippen LogP contribution in [-0.2, 0) is 9.47 Å². The molecule has 0 saturated heterocycles. The molecule has 0 radical (unpaired) electrons. The molecule has 1 amide bonds. The van der Waals surface area contributed by atoms with Crippen LogP contribution in [-0.4, -0.2) is 57.4 Å². The highest BCUT2D eigenvalue weighted by Gasteiger charge is 2.10. The molecule has 0 aromatic heterocycles. The topological polar surface area (TPSA) is 67.9 Å². The first-order chi connectivity index (χ1) is 9.95. The number of Topliss-reactive ketones (excluding diaryl/α,β-unsaturated/α-hetero) is 1. The molecule has 116 valence electrons. The van der Waals surface area contributed by atoms with Crippen LogP contribution < -0.4 is 5.32 Å². The van der Waals surface area contributed by atoms with Gasteiger partial charge in [-0.15, -0.1) is 0 Å². The van der Waals surface area contributed by atoms with Crippen LogP contribution >= 0.6 is 0 Å². The maximum atomic E-state index is 11.9. The lowest BCUT2D eigenvalue weighted by Crippen LogP contribution is -2.35. The molecule has 0 heterocycles. The maximum absolute atomic E-state index is 11.9. The lowest BCUT2D eigenvalue weighted by molar-refractivity contribution is -0.194. The van der Waals surface area contributed by atoms with Crippen molar-refractivity contribution < 1.29 is 19.1 Å². The molecule has 0 bridgehead atoms. The fourth-order valence-corrected chi connectivity index (χ4v) is 1.73. The SMILES string of the molecule is COC(OCCNC(=O)c1cccc(C(C)=O)c1)N(C)C. The van der Waals surface area contributed by atoms with E-state index in [-0.39, 0.29) is 11.7 Å². The minimum Gasteiger partial charge on any atom is -0.350 e. The van der Waals surface area contributed by atoms with Gasteiger partial charge >= 0.3 is 0 Å². The van der Waals surface area contributed by atoms with E-state index in [1.807, 2.05) is 14.1 Å². The first kappa shape index (κ1) is 17.3. The van der Waals surface area contributed by atoms with E-state index >= 15 is 0 Å². The van der Waals surface area contributed by atoms with Gasteiger partial charge in [0, 0.05) is 24.8 Å². The largest absolute Gasteiger partial charge is 0.350 e. The third kappa shape index (κ3) is 5.63. The van der Waals surface area contributed by atoms with Gasteiger partial charge in [0.1, 0.15) is 0 Å². The lowest BCUT2D eigenvalue weighted by Gasteiger charge is -2.22. The average molecular weight is 294 g/mol. The van der Waals surface area contributed by atoms with Gasteiger partial charge in [-0.05, 0) is 33.2 Å². The zero-order valence-electron chi connectivity index (χ0n) is 12.9. The van der Waals surface area contributed by atoms with Crippen molar-refractivity contribution in [1.82, 2.24) is 10.2 Å². The summed E-state index contributed by atoms with van der Waals surface area (Å²) in [7, 11) is 5.22. The van der Waals surface area contributed by atoms with Gasteiger partial charge in [0.2, 0.25) is 6.41 Å². The van der Waals surface area contributed by atoms with Crippen molar-refractivity contribution in [3.63, 3.8) is 0 Å². The van der Waals surface area contributed by atoms with Crippen molar-refractivity contribution in [2.45, 2.75) is 13.3 Å². The highest BCUT2D eigenvalue weighted by molar-refractivity contribution is 5.99. The van der Waals surface area contributed by atoms with Gasteiger partial charge in [-0.25, -0.2) is 0 Å². The summed E-state index contributed by atoms with van der Waals surface area (Å²) in [4.78, 5) is 25.0. The monoisotopic (exact) mass is 294 g/mol. The Morgan fingerprint density at radius 2 is 1.95 bits per heavy atom. The Hall–Kier alpha value is -1.76. The van der Waals surface area contributed by atoms with Gasteiger partial charge in [-0.1, -0.05) is 12.1 Å². The third-order valence-electron chi connectivity index (χ3n) is 2.80. The van der Waals surface area contributed by atoms with Gasteiger partial charge < -0.3 is 14.8 Å². The number of rotatable bonds is 8. The summed E-state index contributed by atoms with van der Waals surface area (Å²) in [6, 6.07) is 6.62. The number of carbonyl (C=O) groups is 2. The molecule has 1 aromatic rings. The van der Waals surface area contributed by atoms with Gasteiger partial charge in [0.25, 0.3) is 5.91 Å². The summed E-state index contributed by atoms with van der Waals surface area (Å²) >= 11 is 0. The average Bonchev–Trinajstić information content (AvgIpc) is 2.46. The van der Waals surface area contributed by atoms with Crippen LogP contribution in [0.1, 0.15) is 27.6 Å². The number of amides is 1. The second-order valence-corrected chi connectivity index (χ2v) is 4.77. The van der Waals surface area contributed by atoms with Crippen LogP contribution in [0.2, 0.25) is 0 Å². The van der Waals surface area contributed by atoms with Crippen LogP contribution in [0.15, 0.2) is 24.3 Å². The van der Waals surface area contributed by atoms with E-state index in [4.69, 9.17) is 9.47 Å². The zero-order chi connectivity index (χ0) is 15.8. The minimum absolute atomic E-state index is 0.0677. The van der Waals surface area contributed by atoms with Crippen LogP contribution in [0.4, 0.5) is 0 Å². The van der Waals surface area contributed by atoms with Gasteiger partial charge in [0.05, 0.1) is 6.61 Å². The fraction of sp³-hybridized carbons (Fsp3) is 0.467. The summed E-state index contributed by atoms with van der Waals surface area (Å²) in [5.41, 5.74) is 0.976. The zero-order valence-corrected chi connectivity index (χ0v) is 12.9. The van der Waals surface area contributed by atoms with E-state index in [0.717, 1.165) is 0 Å². The first-order valence-corrected chi connectivity index (χ1v) is 6.65. The Bertz CT molecular complexity index is 488. The Kier molecular flexibility index (Phi) is 7.01. The number of benzene rings is 1. The fourth-order valence-electron chi connectivity index (χ4n) is 1.73. The van der Waals surface area contributed by atoms with E-state index in [0.29, 0.717) is 24.3 Å². The number of methoxy groups -OCH3 is 1. The van der Waals surface area contributed by atoms with Gasteiger partial charge in [-0.3, -0.25) is 14.5 Å². The number of hydrogen-bond donors (Lipinski definition) is 1. The third-order valence-corrected chi connectivity index (χ3v) is 2.80. The van der Waals surface area contributed by atoms with Crippen molar-refractivity contribution >= 4 is 11.7 Å². The first-order valence-electron chi connectivity index (χ1n) is 6.65. The molecule has 0 fully saturated rings. The smallest absolute Gasteiger partial charge is 0.251 e. The Labute approximate surface area is 125 Å². The quantitative estimate of drug-likeness (QED) is 0.442. The molecule has 1 atom stereocenters. The highest BCUT2D eigenvalue weighted by Crippen LogP contribution is 2.06. The maximum Gasteiger partial charge on any atom is 0.251 e. The molecule has 1 rings (SSSR count). The summed E-state index contributed by atoms with van der Waals surface area (Å²) in [5.74, 6) is -0.303. The number of nitrogens with zero attached hydrogens (tertiary/aromatic N) is 1. The minimum atomic E-state index is -0.442. The van der Waals surface area contributed by atoms with Crippen molar-refractivity contribution in [2.24, 2.45) is 0 Å². The molecule has 0 aliphatic heterocycles. The molecule has 1 aromatic carbocycles. The lowest BCUT2D eigenvalue weighted by atomic mass is 10.1. The van der Waals surface area contributed by atoms with Crippen LogP contribution in [0.25, 0.3) is 0 Å². The summed E-state index contributed by atoms with van der Waals surface area (Å²) < 4.78 is 10.5. The normalized spacial score (nSPS) is 12.2. The second kappa shape index (κ2) is 8.51. The highest BCUT2D eigenvalue weighted by atomic mass is 16.7. The van der Waals surface area contributed by atoms with E-state index < -0.39 is 6.41 Å². The summed E-state index contributed by atoms with van der Waals surface area (Å²) in [6.45, 7) is 2.16. The van der Waals surface area contributed by atoms with Crippen LogP contribution in [0, 0.1) is 0 Å². The number of carbonyl (C=O) groups excluding carboxylic acids is 2. The van der Waals surface area contributed by atoms with Crippen LogP contribution in [0.5, 0.6) is 0 Å². The van der Waals surface area contributed by atoms with Crippen molar-refractivity contribution in [3.8, 4) is 0 Å². The Morgan fingerprint density at radius 1 is 1.29 bits per heavy atom. The van der Waals surface area contributed by atoms with Crippen molar-refractivity contribution in [2.75, 3.05) is 34.4 Å². The molecule has 0 aliphatic rings. The number of nitrogens with one attached hydrogen (secondary N) is 1. The van der Waals surface area contributed by atoms with Gasteiger partial charge in [0.15, 0.2) is 5.78 Å². The van der Waals surface area contributed by atoms with E-state index in [9.17, 15) is 9.59 Å². The van der Waals surface area contributed by atoms with E-state index in [2.05, 4.69) is 5.32 Å². The Balaban J connectivity index is 2.44. The predicted molar refractivity (Wildman–Crippen MR) is 79.2 cm³/mol. The molecule has 6 nitrogen and oxygen atoms in total. The summed E-state index contributed by atoms with van der Waals surface area (Å²) in [5, 5.41) is 2.73. The Morgan fingerprint density at radius 3 is 2.52 bits per heavy atom. The molecule has 1 N–H and O–H groups in total. The standard InChI is InChI=1S/C15H22N2O4/c1-11(18)12-6-5-7-13(10-12)14(19)16-8-9-21-15(20-4)17(2)3/h5-7,10,15H,8-9H2,1-4H3,(H,16,19). The van der Waals surface area contributed by atoms with Gasteiger partial charge in [-0.2, -0.15) is 0 Å². The van der Waals surface area contributed by atoms with Crippen LogP contribution in [0.3, 0.4) is 0 Å². The molecular weight excluding hydrogens is 272 g/mol. The molecule has 21 heavy (non-hydrogen) atoms. The number of ketones is 1. The molecule has 6 heteroatoms. The molecule has 0 aliphatic carbocycles. The van der Waals surface area contributed by atoms with Crippen molar-refractivity contribution in [1.29, 1.82) is 0 Å². The molecule has 0 saturated carbocycles. The second-order valence-electron chi connectivity index (χ2n) is 4.77. The van der Waals surface area contributed by atoms with E-state index in [1.54, 1.807) is 36.3 Å². The number of hydrogen-bond acceptors (Lipinski definition) is 5. The summed E-state index contributed by atoms with van der Waals surface area (Å²) in [6.07, 6.45) is -0.442. The number of ether oxygens (including phenoxy) is 2. The van der Waals surface area contributed by atoms with Crippen molar-refractivity contribution in [3.05, 3.63) is 35.4 Å². The predicted octanol–water partition coefficient (Wildman–Crippen LogP) is 1.13. The molecule has 0 spiro atoms.